The first kappa shape index (κ1) is 18.4. The summed E-state index contributed by atoms with van der Waals surface area (Å²) in [4.78, 5) is 0. The van der Waals surface area contributed by atoms with Crippen LogP contribution in [0, 0.1) is 63.7 Å². The Bertz CT molecular complexity index is 218. The summed E-state index contributed by atoms with van der Waals surface area (Å²) < 4.78 is 16.3. The molecule has 1 aliphatic heterocycles. The molecule has 0 N–H and O–H groups in total. The van der Waals surface area contributed by atoms with Crippen molar-refractivity contribution in [1.29, 1.82) is 0 Å². The van der Waals surface area contributed by atoms with Gasteiger partial charge in [0.15, 0.2) is 6.29 Å². The molecule has 0 aromatic heterocycles. The van der Waals surface area contributed by atoms with E-state index in [2.05, 4.69) is 0 Å². The standard InChI is InChI=1S/C11H15O3.C5H5.Fe/c1-12-8-10-6-7-13-11(14-10)9-4-2-3-5-9;1-2-4-5-3-1;/h2-5,10-11H,6-8H2,1H3;1-5H;/q;;+2/t10-,11?;;/m0../s1. The fourth-order valence-corrected chi connectivity index (χ4v) is 1.94. The molecule has 0 aromatic rings. The van der Waals surface area contributed by atoms with E-state index in [1.165, 1.54) is 0 Å². The maximum Gasteiger partial charge on any atom is 2.00 e. The second-order valence-electron chi connectivity index (χ2n) is 4.39. The molecule has 0 bridgehead atoms. The van der Waals surface area contributed by atoms with Gasteiger partial charge in [0.1, 0.15) is 0 Å². The van der Waals surface area contributed by atoms with E-state index in [0.29, 0.717) is 6.61 Å². The molecule has 1 unspecified atom stereocenters. The summed E-state index contributed by atoms with van der Waals surface area (Å²) in [5, 5.41) is 0. The number of ether oxygens (including phenoxy) is 3. The van der Waals surface area contributed by atoms with Crippen LogP contribution in [0.15, 0.2) is 0 Å². The van der Waals surface area contributed by atoms with Crippen molar-refractivity contribution in [3.8, 4) is 0 Å². The molecule has 3 aliphatic rings. The summed E-state index contributed by atoms with van der Waals surface area (Å²) in [6.45, 7) is 1.38. The van der Waals surface area contributed by atoms with Crippen molar-refractivity contribution in [2.24, 2.45) is 0 Å². The molecule has 3 nitrogen and oxygen atoms in total. The fourth-order valence-electron chi connectivity index (χ4n) is 1.94. The van der Waals surface area contributed by atoms with Gasteiger partial charge in [-0.25, -0.2) is 0 Å². The van der Waals surface area contributed by atoms with Crippen LogP contribution in [0.1, 0.15) is 6.42 Å². The van der Waals surface area contributed by atoms with Crippen LogP contribution >= 0.6 is 0 Å². The van der Waals surface area contributed by atoms with Gasteiger partial charge < -0.3 is 14.2 Å². The van der Waals surface area contributed by atoms with E-state index in [0.717, 1.165) is 18.9 Å². The molecule has 3 fully saturated rings. The van der Waals surface area contributed by atoms with Crippen LogP contribution in [0.25, 0.3) is 0 Å². The monoisotopic (exact) mass is 316 g/mol. The van der Waals surface area contributed by atoms with Crippen LogP contribution in [-0.4, -0.2) is 32.7 Å². The van der Waals surface area contributed by atoms with Gasteiger partial charge in [0.05, 0.1) is 19.3 Å². The van der Waals surface area contributed by atoms with Gasteiger partial charge >= 0.3 is 17.1 Å². The summed E-state index contributed by atoms with van der Waals surface area (Å²) in [6, 6.07) is 0. The molecule has 0 aromatic carbocycles. The smallest absolute Gasteiger partial charge is 0.382 e. The molecule has 20 heavy (non-hydrogen) atoms. The number of hydrogen-bond acceptors (Lipinski definition) is 3. The second kappa shape index (κ2) is 11.0. The van der Waals surface area contributed by atoms with E-state index in [9.17, 15) is 0 Å². The zero-order chi connectivity index (χ0) is 13.3. The average molecular weight is 316 g/mol. The third-order valence-electron chi connectivity index (χ3n) is 2.89. The zero-order valence-corrected chi connectivity index (χ0v) is 12.7. The van der Waals surface area contributed by atoms with Crippen molar-refractivity contribution in [2.75, 3.05) is 20.3 Å². The summed E-state index contributed by atoms with van der Waals surface area (Å²) in [7, 11) is 1.69. The quantitative estimate of drug-likeness (QED) is 0.747. The molecule has 2 aliphatic carbocycles. The summed E-state index contributed by atoms with van der Waals surface area (Å²) in [5.41, 5.74) is 0. The van der Waals surface area contributed by atoms with Gasteiger partial charge in [0.25, 0.3) is 0 Å². The predicted molar refractivity (Wildman–Crippen MR) is 73.0 cm³/mol. The Balaban J connectivity index is 0.000000283. The minimum Gasteiger partial charge on any atom is -0.382 e. The Morgan fingerprint density at radius 1 is 1.05 bits per heavy atom. The summed E-state index contributed by atoms with van der Waals surface area (Å²) in [6.07, 6.45) is 18.9. The molecule has 1 heterocycles. The van der Waals surface area contributed by atoms with E-state index in [-0.39, 0.29) is 29.5 Å². The van der Waals surface area contributed by atoms with E-state index in [1.807, 2.05) is 57.8 Å². The number of rotatable bonds is 3. The first-order valence-electron chi connectivity index (χ1n) is 6.54. The second-order valence-corrected chi connectivity index (χ2v) is 4.39. The fraction of sp³-hybridized carbons (Fsp3) is 0.375. The minimum atomic E-state index is -0.209. The van der Waals surface area contributed by atoms with Crippen LogP contribution < -0.4 is 0 Å². The Labute approximate surface area is 134 Å². The summed E-state index contributed by atoms with van der Waals surface area (Å²) >= 11 is 0. The van der Waals surface area contributed by atoms with Crippen molar-refractivity contribution in [3.05, 3.63) is 63.7 Å². The van der Waals surface area contributed by atoms with Gasteiger partial charge in [0.2, 0.25) is 0 Å². The number of methoxy groups -OCH3 is 1. The van der Waals surface area contributed by atoms with E-state index >= 15 is 0 Å². The number of hydrogen-bond donors (Lipinski definition) is 0. The molecule has 2 atom stereocenters. The minimum absolute atomic E-state index is 0. The molecule has 3 rings (SSSR count). The van der Waals surface area contributed by atoms with Crippen LogP contribution in [0.5, 0.6) is 0 Å². The van der Waals surface area contributed by atoms with Crippen molar-refractivity contribution >= 4 is 0 Å². The first-order valence-corrected chi connectivity index (χ1v) is 6.54. The van der Waals surface area contributed by atoms with Gasteiger partial charge in [-0.2, -0.15) is 0 Å². The topological polar surface area (TPSA) is 27.7 Å². The molecule has 0 spiro atoms. The van der Waals surface area contributed by atoms with Crippen LogP contribution in [0.2, 0.25) is 0 Å². The summed E-state index contributed by atoms with van der Waals surface area (Å²) in [5.74, 6) is 1.09. The molecular weight excluding hydrogens is 296 g/mol. The van der Waals surface area contributed by atoms with Gasteiger partial charge in [0, 0.05) is 13.0 Å². The van der Waals surface area contributed by atoms with Crippen molar-refractivity contribution < 1.29 is 31.3 Å². The largest absolute Gasteiger partial charge is 2.00 e. The van der Waals surface area contributed by atoms with Crippen molar-refractivity contribution in [3.63, 3.8) is 0 Å². The first-order chi connectivity index (χ1) is 9.40. The third kappa shape index (κ3) is 6.44. The zero-order valence-electron chi connectivity index (χ0n) is 11.6. The van der Waals surface area contributed by atoms with Crippen LogP contribution in [-0.2, 0) is 31.3 Å². The van der Waals surface area contributed by atoms with Crippen molar-refractivity contribution in [1.82, 2.24) is 0 Å². The Morgan fingerprint density at radius 3 is 2.20 bits per heavy atom. The Kier molecular flexibility index (Phi) is 10.2. The molecule has 108 valence electrons. The molecule has 1 saturated heterocycles. The maximum absolute atomic E-state index is 5.72. The molecule has 10 radical (unpaired) electrons. The SMILES string of the molecule is COC[C@@H]1CCOC([C]2[CH][CH][CH][CH]2)O1.[CH]1[CH][CH][CH][CH]1.[Fe+2]. The van der Waals surface area contributed by atoms with Gasteiger partial charge in [-0.15, -0.1) is 0 Å². The Morgan fingerprint density at radius 2 is 1.65 bits per heavy atom. The van der Waals surface area contributed by atoms with Crippen LogP contribution in [0.4, 0.5) is 0 Å². The van der Waals surface area contributed by atoms with E-state index in [4.69, 9.17) is 14.2 Å². The maximum atomic E-state index is 5.72. The third-order valence-corrected chi connectivity index (χ3v) is 2.89. The van der Waals surface area contributed by atoms with Gasteiger partial charge in [-0.05, 0) is 64.2 Å². The normalized spacial score (nSPS) is 30.4. The molecular formula is C16H20FeO3+2. The molecule has 4 heteroatoms. The van der Waals surface area contributed by atoms with Gasteiger partial charge in [-0.3, -0.25) is 0 Å². The van der Waals surface area contributed by atoms with Crippen molar-refractivity contribution in [2.45, 2.75) is 18.8 Å². The molecule has 0 amide bonds. The van der Waals surface area contributed by atoms with E-state index in [1.54, 1.807) is 7.11 Å². The predicted octanol–water partition coefficient (Wildman–Crippen LogP) is 2.19. The Hall–Kier alpha value is 0.399. The molecule has 2 saturated carbocycles. The van der Waals surface area contributed by atoms with Crippen LogP contribution in [0.3, 0.4) is 0 Å². The van der Waals surface area contributed by atoms with E-state index < -0.39 is 0 Å². The average Bonchev–Trinajstić information content (AvgIpc) is 3.16. The van der Waals surface area contributed by atoms with Gasteiger partial charge in [-0.1, -0.05) is 0 Å².